The van der Waals surface area contributed by atoms with Crippen LogP contribution in [-0.4, -0.2) is 16.7 Å². The van der Waals surface area contributed by atoms with Crippen LogP contribution >= 0.6 is 0 Å². The van der Waals surface area contributed by atoms with Crippen molar-refractivity contribution in [2.45, 2.75) is 53.4 Å². The largest absolute Gasteiger partial charge is 0.362 e. The molecule has 4 rings (SSSR count). The molecule has 5 heteroatoms. The first-order valence-electron chi connectivity index (χ1n) is 10.7. The van der Waals surface area contributed by atoms with Crippen molar-refractivity contribution < 1.29 is 9.59 Å². The Labute approximate surface area is 183 Å². The highest BCUT2D eigenvalue weighted by Gasteiger charge is 2.42. The summed E-state index contributed by atoms with van der Waals surface area (Å²) in [6.45, 7) is 10.1. The summed E-state index contributed by atoms with van der Waals surface area (Å²) in [7, 11) is 0. The molecule has 1 aliphatic heterocycles. The number of benzene rings is 1. The third-order valence-electron chi connectivity index (χ3n) is 6.05. The van der Waals surface area contributed by atoms with Crippen molar-refractivity contribution in [2.75, 3.05) is 5.32 Å². The molecule has 160 valence electrons. The summed E-state index contributed by atoms with van der Waals surface area (Å²) in [5, 5.41) is 6.34. The highest BCUT2D eigenvalue weighted by atomic mass is 16.2. The van der Waals surface area contributed by atoms with Gasteiger partial charge in [-0.2, -0.15) is 0 Å². The number of amides is 1. The van der Waals surface area contributed by atoms with Crippen molar-refractivity contribution in [2.24, 2.45) is 5.41 Å². The van der Waals surface area contributed by atoms with Crippen LogP contribution in [0.2, 0.25) is 0 Å². The quantitative estimate of drug-likeness (QED) is 0.745. The second-order valence-corrected chi connectivity index (χ2v) is 9.51. The molecule has 2 aromatic rings. The molecule has 0 unspecified atom stereocenters. The van der Waals surface area contributed by atoms with Crippen LogP contribution in [0, 0.1) is 19.3 Å². The number of allylic oxidation sites excluding steroid dienone is 3. The second-order valence-electron chi connectivity index (χ2n) is 9.51. The van der Waals surface area contributed by atoms with E-state index in [0.717, 1.165) is 40.1 Å². The molecular weight excluding hydrogens is 386 g/mol. The maximum absolute atomic E-state index is 13.5. The van der Waals surface area contributed by atoms with Gasteiger partial charge in [0.15, 0.2) is 5.78 Å². The van der Waals surface area contributed by atoms with E-state index in [-0.39, 0.29) is 17.1 Å². The SMILES string of the molecule is CC1=C(C(=O)Nc2cc(C)ccn2)[C@@H](c2ccc(C)cc2)C2=C(CC(C)(C)CC2=O)N1. The van der Waals surface area contributed by atoms with Crippen molar-refractivity contribution >= 4 is 17.5 Å². The zero-order valence-electron chi connectivity index (χ0n) is 18.8. The van der Waals surface area contributed by atoms with Crippen molar-refractivity contribution in [1.29, 1.82) is 0 Å². The molecule has 0 bridgehead atoms. The lowest BCUT2D eigenvalue weighted by Crippen LogP contribution is -2.39. The summed E-state index contributed by atoms with van der Waals surface area (Å²) in [5.74, 6) is -0.0252. The van der Waals surface area contributed by atoms with Crippen LogP contribution in [0.1, 0.15) is 56.2 Å². The topological polar surface area (TPSA) is 71.1 Å². The van der Waals surface area contributed by atoms with Gasteiger partial charge >= 0.3 is 0 Å². The lowest BCUT2D eigenvalue weighted by molar-refractivity contribution is -0.118. The fourth-order valence-electron chi connectivity index (χ4n) is 4.62. The van der Waals surface area contributed by atoms with Gasteiger partial charge in [0.1, 0.15) is 5.82 Å². The highest BCUT2D eigenvalue weighted by molar-refractivity contribution is 6.09. The normalized spacial score (nSPS) is 20.3. The molecule has 2 N–H and O–H groups in total. The minimum atomic E-state index is -0.398. The summed E-state index contributed by atoms with van der Waals surface area (Å²) >= 11 is 0. The standard InChI is InChI=1S/C26H29N3O2/c1-15-6-8-18(9-7-15)23-22(25(31)29-21-12-16(2)10-11-27-21)17(3)28-19-13-26(4,5)14-20(30)24(19)23/h6-12,23,28H,13-14H2,1-5H3,(H,27,29,31)/t23-/m1/s1. The fourth-order valence-corrected chi connectivity index (χ4v) is 4.62. The number of carbonyl (C=O) groups is 2. The molecule has 1 aromatic carbocycles. The monoisotopic (exact) mass is 415 g/mol. The van der Waals surface area contributed by atoms with E-state index in [1.807, 2.05) is 57.2 Å². The summed E-state index contributed by atoms with van der Waals surface area (Å²) < 4.78 is 0. The van der Waals surface area contributed by atoms with Gasteiger partial charge in [-0.25, -0.2) is 4.98 Å². The van der Waals surface area contributed by atoms with Crippen molar-refractivity contribution in [3.8, 4) is 0 Å². The Morgan fingerprint density at radius 1 is 1.06 bits per heavy atom. The van der Waals surface area contributed by atoms with E-state index in [1.165, 1.54) is 0 Å². The number of rotatable bonds is 3. The summed E-state index contributed by atoms with van der Waals surface area (Å²) in [6.07, 6.45) is 2.93. The van der Waals surface area contributed by atoms with Gasteiger partial charge in [0.2, 0.25) is 0 Å². The Morgan fingerprint density at radius 2 is 1.77 bits per heavy atom. The number of anilines is 1. The smallest absolute Gasteiger partial charge is 0.255 e. The van der Waals surface area contributed by atoms with Crippen LogP contribution in [-0.2, 0) is 9.59 Å². The first-order chi connectivity index (χ1) is 14.6. The Balaban J connectivity index is 1.80. The molecule has 2 heterocycles. The number of hydrogen-bond donors (Lipinski definition) is 2. The summed E-state index contributed by atoms with van der Waals surface area (Å²) in [5.41, 5.74) is 6.01. The molecule has 1 aliphatic carbocycles. The van der Waals surface area contributed by atoms with E-state index in [4.69, 9.17) is 0 Å². The Morgan fingerprint density at radius 3 is 2.45 bits per heavy atom. The molecular formula is C26H29N3O2. The van der Waals surface area contributed by atoms with E-state index in [1.54, 1.807) is 6.20 Å². The van der Waals surface area contributed by atoms with Crippen LogP contribution in [0.25, 0.3) is 0 Å². The van der Waals surface area contributed by atoms with Gasteiger partial charge in [-0.15, -0.1) is 0 Å². The zero-order valence-corrected chi connectivity index (χ0v) is 18.8. The van der Waals surface area contributed by atoms with Gasteiger partial charge in [0.05, 0.1) is 0 Å². The van der Waals surface area contributed by atoms with E-state index in [2.05, 4.69) is 29.5 Å². The number of aromatic nitrogens is 1. The van der Waals surface area contributed by atoms with Crippen LogP contribution in [0.5, 0.6) is 0 Å². The third-order valence-corrected chi connectivity index (χ3v) is 6.05. The van der Waals surface area contributed by atoms with Gasteiger partial charge in [0.25, 0.3) is 5.91 Å². The number of dihydropyridines is 1. The summed E-state index contributed by atoms with van der Waals surface area (Å²) in [4.78, 5) is 31.0. The van der Waals surface area contributed by atoms with Crippen LogP contribution in [0.15, 0.2) is 65.1 Å². The van der Waals surface area contributed by atoms with Gasteiger partial charge in [-0.05, 0) is 55.9 Å². The average molecular weight is 416 g/mol. The average Bonchev–Trinajstić information content (AvgIpc) is 2.66. The second kappa shape index (κ2) is 7.80. The van der Waals surface area contributed by atoms with Gasteiger partial charge in [-0.3, -0.25) is 9.59 Å². The number of Topliss-reactive ketones (excluding diaryl/α,β-unsaturated/α-hetero) is 1. The number of nitrogens with zero attached hydrogens (tertiary/aromatic N) is 1. The number of aryl methyl sites for hydroxylation is 2. The van der Waals surface area contributed by atoms with E-state index >= 15 is 0 Å². The Kier molecular flexibility index (Phi) is 5.29. The zero-order chi connectivity index (χ0) is 22.3. The van der Waals surface area contributed by atoms with E-state index in [9.17, 15) is 9.59 Å². The first kappa shape index (κ1) is 21.0. The Hall–Kier alpha value is -3.21. The molecule has 1 aromatic heterocycles. The lowest BCUT2D eigenvalue weighted by Gasteiger charge is -2.39. The van der Waals surface area contributed by atoms with Crippen LogP contribution in [0.4, 0.5) is 5.82 Å². The van der Waals surface area contributed by atoms with Gasteiger partial charge in [0, 0.05) is 41.1 Å². The minimum Gasteiger partial charge on any atom is -0.362 e. The van der Waals surface area contributed by atoms with Gasteiger partial charge < -0.3 is 10.6 Å². The van der Waals surface area contributed by atoms with E-state index < -0.39 is 5.92 Å². The van der Waals surface area contributed by atoms with Crippen molar-refractivity contribution in [3.63, 3.8) is 0 Å². The number of nitrogens with one attached hydrogen (secondary N) is 2. The molecule has 0 saturated carbocycles. The van der Waals surface area contributed by atoms with Gasteiger partial charge in [-0.1, -0.05) is 43.7 Å². The molecule has 31 heavy (non-hydrogen) atoms. The maximum Gasteiger partial charge on any atom is 0.255 e. The highest BCUT2D eigenvalue weighted by Crippen LogP contribution is 2.46. The molecule has 0 radical (unpaired) electrons. The predicted octanol–water partition coefficient (Wildman–Crippen LogP) is 4.94. The molecule has 2 aliphatic rings. The van der Waals surface area contributed by atoms with E-state index in [0.29, 0.717) is 17.8 Å². The summed E-state index contributed by atoms with van der Waals surface area (Å²) in [6, 6.07) is 11.8. The predicted molar refractivity (Wildman–Crippen MR) is 122 cm³/mol. The molecule has 0 saturated heterocycles. The Bertz CT molecular complexity index is 1120. The number of pyridine rings is 1. The minimum absolute atomic E-state index is 0.105. The lowest BCUT2D eigenvalue weighted by atomic mass is 9.68. The van der Waals surface area contributed by atoms with Crippen molar-refractivity contribution in [3.05, 3.63) is 81.8 Å². The molecule has 0 fully saturated rings. The molecule has 1 amide bonds. The first-order valence-corrected chi connectivity index (χ1v) is 10.7. The number of carbonyl (C=O) groups excluding carboxylic acids is 2. The molecule has 0 spiro atoms. The van der Waals surface area contributed by atoms with Crippen molar-refractivity contribution in [1.82, 2.24) is 10.3 Å². The van der Waals surface area contributed by atoms with Crippen LogP contribution < -0.4 is 10.6 Å². The molecule has 1 atom stereocenters. The third kappa shape index (κ3) is 4.18. The molecule has 5 nitrogen and oxygen atoms in total. The van der Waals surface area contributed by atoms with Crippen LogP contribution in [0.3, 0.4) is 0 Å². The maximum atomic E-state index is 13.5. The fraction of sp³-hybridized carbons (Fsp3) is 0.346. The number of hydrogen-bond acceptors (Lipinski definition) is 4. The number of ketones is 1.